The molecule has 3 N–H and O–H groups in total. The van der Waals surface area contributed by atoms with Crippen molar-refractivity contribution < 1.29 is 8.42 Å². The number of nitrogens with one attached hydrogen (secondary N) is 1. The van der Waals surface area contributed by atoms with Crippen LogP contribution in [0.2, 0.25) is 0 Å². The van der Waals surface area contributed by atoms with E-state index in [9.17, 15) is 8.42 Å². The Morgan fingerprint density at radius 3 is 2.88 bits per heavy atom. The predicted octanol–water partition coefficient (Wildman–Crippen LogP) is 1.08. The lowest BCUT2D eigenvalue weighted by Crippen LogP contribution is -2.27. The first-order chi connectivity index (χ1) is 7.97. The maximum Gasteiger partial charge on any atom is 0.244 e. The lowest BCUT2D eigenvalue weighted by molar-refractivity contribution is 0.579. The molecule has 1 aromatic rings. The van der Waals surface area contributed by atoms with Crippen molar-refractivity contribution in [2.75, 3.05) is 18.5 Å². The minimum atomic E-state index is -3.54. The molecule has 1 aromatic heterocycles. The zero-order valence-corrected chi connectivity index (χ0v) is 11.5. The summed E-state index contributed by atoms with van der Waals surface area (Å²) in [5.41, 5.74) is 5.53. The highest BCUT2D eigenvalue weighted by atomic mass is 32.2. The fourth-order valence-corrected chi connectivity index (χ4v) is 2.70. The number of thioether (sulfide) groups is 1. The Kier molecular flexibility index (Phi) is 5.23. The molecule has 0 aliphatic heterocycles. The van der Waals surface area contributed by atoms with Crippen molar-refractivity contribution in [2.24, 2.45) is 0 Å². The quantitative estimate of drug-likeness (QED) is 0.811. The van der Waals surface area contributed by atoms with Gasteiger partial charge in [-0.3, -0.25) is 0 Å². The van der Waals surface area contributed by atoms with Gasteiger partial charge in [-0.2, -0.15) is 11.8 Å². The van der Waals surface area contributed by atoms with E-state index >= 15 is 0 Å². The van der Waals surface area contributed by atoms with E-state index < -0.39 is 10.0 Å². The van der Waals surface area contributed by atoms with Gasteiger partial charge in [0.25, 0.3) is 0 Å². The Bertz CT molecular complexity index is 462. The van der Waals surface area contributed by atoms with Crippen LogP contribution in [0.15, 0.2) is 23.2 Å². The van der Waals surface area contributed by atoms with Crippen LogP contribution in [0, 0.1) is 0 Å². The summed E-state index contributed by atoms with van der Waals surface area (Å²) in [5.74, 6) is 0.0258. The fourth-order valence-electron chi connectivity index (χ4n) is 1.22. The van der Waals surface area contributed by atoms with Crippen LogP contribution in [-0.4, -0.2) is 31.5 Å². The molecule has 17 heavy (non-hydrogen) atoms. The number of pyridine rings is 1. The normalized spacial score (nSPS) is 13.5. The fraction of sp³-hybridized carbons (Fsp3) is 0.500. The number of sulfonamides is 1. The number of anilines is 1. The van der Waals surface area contributed by atoms with Crippen LogP contribution in [0.3, 0.4) is 0 Å². The Labute approximate surface area is 106 Å². The molecule has 0 aliphatic carbocycles. The minimum Gasteiger partial charge on any atom is -0.383 e. The summed E-state index contributed by atoms with van der Waals surface area (Å²) >= 11 is 1.70. The predicted molar refractivity (Wildman–Crippen MR) is 71.4 cm³/mol. The van der Waals surface area contributed by atoms with Gasteiger partial charge in [0, 0.05) is 18.0 Å². The van der Waals surface area contributed by atoms with E-state index in [1.54, 1.807) is 17.8 Å². The summed E-state index contributed by atoms with van der Waals surface area (Å²) in [4.78, 5) is 3.80. The van der Waals surface area contributed by atoms with Crippen LogP contribution < -0.4 is 10.5 Å². The van der Waals surface area contributed by atoms with Crippen molar-refractivity contribution in [3.63, 3.8) is 0 Å². The van der Waals surface area contributed by atoms with Gasteiger partial charge < -0.3 is 5.73 Å². The van der Waals surface area contributed by atoms with E-state index in [1.165, 1.54) is 12.3 Å². The molecule has 0 amide bonds. The number of nitrogen functional groups attached to an aromatic ring is 1. The second-order valence-corrected chi connectivity index (χ2v) is 6.63. The minimum absolute atomic E-state index is 0.0258. The van der Waals surface area contributed by atoms with E-state index in [1.807, 2.05) is 6.26 Å². The van der Waals surface area contributed by atoms with Crippen LogP contribution in [-0.2, 0) is 10.0 Å². The molecular weight excluding hydrogens is 258 g/mol. The third-order valence-electron chi connectivity index (χ3n) is 2.33. The van der Waals surface area contributed by atoms with Crippen molar-refractivity contribution in [1.29, 1.82) is 0 Å². The van der Waals surface area contributed by atoms with E-state index in [0.717, 1.165) is 6.42 Å². The molecule has 1 unspecified atom stereocenters. The molecule has 96 valence electrons. The maximum absolute atomic E-state index is 11.9. The summed E-state index contributed by atoms with van der Waals surface area (Å²) in [6.45, 7) is 2.45. The number of nitrogens with zero attached hydrogens (tertiary/aromatic N) is 1. The zero-order chi connectivity index (χ0) is 12.9. The van der Waals surface area contributed by atoms with Crippen LogP contribution in [0.4, 0.5) is 5.82 Å². The van der Waals surface area contributed by atoms with Crippen molar-refractivity contribution in [3.05, 3.63) is 18.3 Å². The van der Waals surface area contributed by atoms with Crippen molar-refractivity contribution in [3.8, 4) is 0 Å². The van der Waals surface area contributed by atoms with E-state index in [2.05, 4.69) is 16.6 Å². The average Bonchev–Trinajstić information content (AvgIpc) is 2.28. The molecule has 1 atom stereocenters. The lowest BCUT2D eigenvalue weighted by Gasteiger charge is -2.10. The summed E-state index contributed by atoms with van der Waals surface area (Å²) < 4.78 is 26.3. The first kappa shape index (κ1) is 14.3. The summed E-state index contributed by atoms with van der Waals surface area (Å²) in [6.07, 6.45) is 4.24. The Morgan fingerprint density at radius 1 is 1.59 bits per heavy atom. The molecule has 0 aromatic carbocycles. The number of hydrogen-bond acceptors (Lipinski definition) is 5. The first-order valence-electron chi connectivity index (χ1n) is 5.20. The standard InChI is InChI=1S/C10H17N3O2S2/c1-8(16-2)5-7-13-17(14,15)9-4-3-6-12-10(9)11/h3-4,6,8,13H,5,7H2,1-2H3,(H2,11,12). The van der Waals surface area contributed by atoms with Gasteiger partial charge in [-0.15, -0.1) is 0 Å². The Morgan fingerprint density at radius 2 is 2.29 bits per heavy atom. The number of aromatic nitrogens is 1. The lowest BCUT2D eigenvalue weighted by atomic mass is 10.3. The molecule has 0 bridgehead atoms. The molecule has 5 nitrogen and oxygen atoms in total. The topological polar surface area (TPSA) is 85.1 Å². The van der Waals surface area contributed by atoms with Gasteiger partial charge in [-0.1, -0.05) is 6.92 Å². The molecule has 1 rings (SSSR count). The Balaban J connectivity index is 2.67. The molecule has 0 aliphatic rings. The number of hydrogen-bond donors (Lipinski definition) is 2. The molecule has 7 heteroatoms. The third kappa shape index (κ3) is 4.18. The van der Waals surface area contributed by atoms with Crippen LogP contribution in [0.5, 0.6) is 0 Å². The smallest absolute Gasteiger partial charge is 0.244 e. The highest BCUT2D eigenvalue weighted by Gasteiger charge is 2.17. The largest absolute Gasteiger partial charge is 0.383 e. The monoisotopic (exact) mass is 275 g/mol. The number of rotatable bonds is 6. The molecule has 0 saturated heterocycles. The van der Waals surface area contributed by atoms with Gasteiger partial charge in [0.15, 0.2) is 0 Å². The van der Waals surface area contributed by atoms with Crippen molar-refractivity contribution in [2.45, 2.75) is 23.5 Å². The highest BCUT2D eigenvalue weighted by molar-refractivity contribution is 7.99. The number of nitrogens with two attached hydrogens (primary N) is 1. The molecule has 0 saturated carbocycles. The first-order valence-corrected chi connectivity index (χ1v) is 7.97. The van der Waals surface area contributed by atoms with Gasteiger partial charge >= 0.3 is 0 Å². The van der Waals surface area contributed by atoms with Gasteiger partial charge in [-0.05, 0) is 24.8 Å². The summed E-state index contributed by atoms with van der Waals surface area (Å²) in [7, 11) is -3.54. The van der Waals surface area contributed by atoms with Gasteiger partial charge in [-0.25, -0.2) is 18.1 Å². The van der Waals surface area contributed by atoms with Crippen LogP contribution in [0.1, 0.15) is 13.3 Å². The SMILES string of the molecule is CSC(C)CCNS(=O)(=O)c1cccnc1N. The van der Waals surface area contributed by atoms with E-state index in [0.29, 0.717) is 11.8 Å². The Hall–Kier alpha value is -0.790. The summed E-state index contributed by atoms with van der Waals surface area (Å²) in [6, 6.07) is 3.00. The molecule has 0 radical (unpaired) electrons. The van der Waals surface area contributed by atoms with E-state index in [-0.39, 0.29) is 10.7 Å². The second-order valence-electron chi connectivity index (χ2n) is 3.62. The van der Waals surface area contributed by atoms with Gasteiger partial charge in [0.05, 0.1) is 0 Å². The van der Waals surface area contributed by atoms with E-state index in [4.69, 9.17) is 5.73 Å². The highest BCUT2D eigenvalue weighted by Crippen LogP contribution is 2.14. The maximum atomic E-state index is 11.9. The molecule has 0 fully saturated rings. The van der Waals surface area contributed by atoms with Crippen molar-refractivity contribution >= 4 is 27.6 Å². The van der Waals surface area contributed by atoms with Gasteiger partial charge in [0.1, 0.15) is 10.7 Å². The summed E-state index contributed by atoms with van der Waals surface area (Å²) in [5, 5.41) is 0.420. The van der Waals surface area contributed by atoms with Crippen molar-refractivity contribution in [1.82, 2.24) is 9.71 Å². The average molecular weight is 275 g/mol. The van der Waals surface area contributed by atoms with Crippen LogP contribution >= 0.6 is 11.8 Å². The van der Waals surface area contributed by atoms with Crippen LogP contribution in [0.25, 0.3) is 0 Å². The molecule has 1 heterocycles. The molecular formula is C10H17N3O2S2. The molecule has 0 spiro atoms. The van der Waals surface area contributed by atoms with Gasteiger partial charge in [0.2, 0.25) is 10.0 Å². The zero-order valence-electron chi connectivity index (χ0n) is 9.88. The third-order valence-corrected chi connectivity index (χ3v) is 4.88. The second kappa shape index (κ2) is 6.23.